The molecule has 0 unspecified atom stereocenters. The normalized spacial score (nSPS) is 19.2. The van der Waals surface area contributed by atoms with Gasteiger partial charge in [-0.25, -0.2) is 4.79 Å². The summed E-state index contributed by atoms with van der Waals surface area (Å²) < 4.78 is 5.18. The number of hydrogen-bond donors (Lipinski definition) is 0. The van der Waals surface area contributed by atoms with Gasteiger partial charge in [0, 0.05) is 18.7 Å². The van der Waals surface area contributed by atoms with Crippen molar-refractivity contribution >= 4 is 11.9 Å². The van der Waals surface area contributed by atoms with Crippen molar-refractivity contribution in [3.8, 4) is 5.75 Å². The minimum Gasteiger partial charge on any atom is -0.410 e. The van der Waals surface area contributed by atoms with E-state index in [0.717, 1.165) is 0 Å². The molecular weight excluding hydrogens is 218 g/mol. The standard InChI is InChI=1S/C13H13NO3/c1-10-9-11(15)7-8-14(10)13(16)17-12-5-3-2-4-6-12/h2-8,10H,9H2,1H3/t10-/m1/s1. The van der Waals surface area contributed by atoms with Crippen molar-refractivity contribution in [3.63, 3.8) is 0 Å². The largest absolute Gasteiger partial charge is 0.419 e. The molecule has 0 aromatic heterocycles. The summed E-state index contributed by atoms with van der Waals surface area (Å²) in [6.45, 7) is 1.81. The predicted molar refractivity (Wildman–Crippen MR) is 62.5 cm³/mol. The third-order valence-corrected chi connectivity index (χ3v) is 2.55. The maximum absolute atomic E-state index is 11.8. The summed E-state index contributed by atoms with van der Waals surface area (Å²) in [5, 5.41) is 0. The van der Waals surface area contributed by atoms with Crippen LogP contribution in [0.5, 0.6) is 5.75 Å². The molecule has 0 fully saturated rings. The van der Waals surface area contributed by atoms with Crippen molar-refractivity contribution in [3.05, 3.63) is 42.6 Å². The maximum Gasteiger partial charge on any atom is 0.419 e. The van der Waals surface area contributed by atoms with Crippen LogP contribution in [0, 0.1) is 0 Å². The molecule has 1 aliphatic heterocycles. The molecule has 4 heteroatoms. The van der Waals surface area contributed by atoms with Crippen LogP contribution in [-0.2, 0) is 4.79 Å². The zero-order chi connectivity index (χ0) is 12.3. The number of nitrogens with zero attached hydrogens (tertiary/aromatic N) is 1. The second-order valence-electron chi connectivity index (χ2n) is 3.92. The van der Waals surface area contributed by atoms with Crippen LogP contribution in [0.1, 0.15) is 13.3 Å². The Balaban J connectivity index is 2.06. The summed E-state index contributed by atoms with van der Waals surface area (Å²) in [7, 11) is 0. The lowest BCUT2D eigenvalue weighted by Crippen LogP contribution is -2.39. The van der Waals surface area contributed by atoms with Gasteiger partial charge in [-0.3, -0.25) is 9.69 Å². The van der Waals surface area contributed by atoms with Crippen molar-refractivity contribution in [2.45, 2.75) is 19.4 Å². The molecule has 0 saturated heterocycles. The summed E-state index contributed by atoms with van der Waals surface area (Å²) in [4.78, 5) is 24.4. The van der Waals surface area contributed by atoms with Gasteiger partial charge in [0.25, 0.3) is 0 Å². The van der Waals surface area contributed by atoms with E-state index in [1.54, 1.807) is 24.3 Å². The summed E-state index contributed by atoms with van der Waals surface area (Å²) in [5.41, 5.74) is 0. The predicted octanol–water partition coefficient (Wildman–Crippen LogP) is 2.36. The number of allylic oxidation sites excluding steroid dienone is 1. The van der Waals surface area contributed by atoms with Gasteiger partial charge in [0.05, 0.1) is 0 Å². The summed E-state index contributed by atoms with van der Waals surface area (Å²) >= 11 is 0. The van der Waals surface area contributed by atoms with Gasteiger partial charge in [-0.1, -0.05) is 18.2 Å². The highest BCUT2D eigenvalue weighted by molar-refractivity contribution is 5.92. The lowest BCUT2D eigenvalue weighted by Gasteiger charge is -2.26. The fourth-order valence-corrected chi connectivity index (χ4v) is 1.65. The number of ketones is 1. The summed E-state index contributed by atoms with van der Waals surface area (Å²) in [6.07, 6.45) is 2.74. The van der Waals surface area contributed by atoms with Crippen LogP contribution in [0.3, 0.4) is 0 Å². The quantitative estimate of drug-likeness (QED) is 0.745. The molecule has 1 aromatic carbocycles. The first-order valence-electron chi connectivity index (χ1n) is 5.43. The Morgan fingerprint density at radius 3 is 2.71 bits per heavy atom. The highest BCUT2D eigenvalue weighted by Gasteiger charge is 2.24. The molecule has 0 radical (unpaired) electrons. The van der Waals surface area contributed by atoms with Crippen molar-refractivity contribution in [1.82, 2.24) is 4.90 Å². The Bertz CT molecular complexity index is 453. The van der Waals surface area contributed by atoms with Gasteiger partial charge in [-0.15, -0.1) is 0 Å². The number of rotatable bonds is 1. The molecule has 1 amide bonds. The second-order valence-corrected chi connectivity index (χ2v) is 3.92. The van der Waals surface area contributed by atoms with Crippen LogP contribution in [0.4, 0.5) is 4.79 Å². The summed E-state index contributed by atoms with van der Waals surface area (Å²) in [6, 6.07) is 8.69. The van der Waals surface area contributed by atoms with E-state index in [1.807, 2.05) is 13.0 Å². The molecule has 0 aliphatic carbocycles. The lowest BCUT2D eigenvalue weighted by molar-refractivity contribution is -0.115. The van der Waals surface area contributed by atoms with E-state index in [2.05, 4.69) is 0 Å². The van der Waals surface area contributed by atoms with Crippen molar-refractivity contribution in [2.24, 2.45) is 0 Å². The molecule has 88 valence electrons. The first-order chi connectivity index (χ1) is 8.16. The number of ether oxygens (including phenoxy) is 1. The number of carbonyl (C=O) groups excluding carboxylic acids is 2. The maximum atomic E-state index is 11.8. The van der Waals surface area contributed by atoms with E-state index in [4.69, 9.17) is 4.74 Å². The van der Waals surface area contributed by atoms with E-state index < -0.39 is 6.09 Å². The number of hydrogen-bond acceptors (Lipinski definition) is 3. The molecule has 2 rings (SSSR count). The SMILES string of the molecule is C[C@@H]1CC(=O)C=CN1C(=O)Oc1ccccc1. The number of carbonyl (C=O) groups is 2. The van der Waals surface area contributed by atoms with Gasteiger partial charge < -0.3 is 4.74 Å². The third-order valence-electron chi connectivity index (χ3n) is 2.55. The van der Waals surface area contributed by atoms with Gasteiger partial charge in [0.15, 0.2) is 5.78 Å². The molecule has 1 heterocycles. The van der Waals surface area contributed by atoms with E-state index in [0.29, 0.717) is 12.2 Å². The average molecular weight is 231 g/mol. The fraction of sp³-hybridized carbons (Fsp3) is 0.231. The second kappa shape index (κ2) is 4.82. The van der Waals surface area contributed by atoms with Crippen LogP contribution in [0.2, 0.25) is 0 Å². The summed E-state index contributed by atoms with van der Waals surface area (Å²) in [5.74, 6) is 0.524. The number of para-hydroxylation sites is 1. The Hall–Kier alpha value is -2.10. The number of benzene rings is 1. The van der Waals surface area contributed by atoms with Crippen molar-refractivity contribution in [2.75, 3.05) is 0 Å². The lowest BCUT2D eigenvalue weighted by atomic mass is 10.1. The van der Waals surface area contributed by atoms with Crippen LogP contribution < -0.4 is 4.74 Å². The smallest absolute Gasteiger partial charge is 0.410 e. The monoisotopic (exact) mass is 231 g/mol. The van der Waals surface area contributed by atoms with E-state index in [9.17, 15) is 9.59 Å². The minimum absolute atomic E-state index is 0.0289. The Morgan fingerprint density at radius 1 is 1.35 bits per heavy atom. The van der Waals surface area contributed by atoms with Crippen LogP contribution in [0.25, 0.3) is 0 Å². The van der Waals surface area contributed by atoms with Gasteiger partial charge in [0.1, 0.15) is 5.75 Å². The molecule has 1 atom stereocenters. The first kappa shape index (κ1) is 11.4. The minimum atomic E-state index is -0.465. The van der Waals surface area contributed by atoms with Gasteiger partial charge in [-0.2, -0.15) is 0 Å². The molecule has 17 heavy (non-hydrogen) atoms. The van der Waals surface area contributed by atoms with E-state index in [1.165, 1.54) is 17.2 Å². The number of amides is 1. The highest BCUT2D eigenvalue weighted by atomic mass is 16.6. The molecule has 1 aliphatic rings. The van der Waals surface area contributed by atoms with Crippen LogP contribution in [-0.4, -0.2) is 22.8 Å². The van der Waals surface area contributed by atoms with Gasteiger partial charge in [-0.05, 0) is 25.1 Å². The molecular formula is C13H13NO3. The molecule has 0 bridgehead atoms. The van der Waals surface area contributed by atoms with E-state index >= 15 is 0 Å². The van der Waals surface area contributed by atoms with Crippen LogP contribution in [0.15, 0.2) is 42.6 Å². The molecule has 1 aromatic rings. The zero-order valence-electron chi connectivity index (χ0n) is 9.50. The van der Waals surface area contributed by atoms with Gasteiger partial charge in [0.2, 0.25) is 0 Å². The van der Waals surface area contributed by atoms with E-state index in [-0.39, 0.29) is 11.8 Å². The zero-order valence-corrected chi connectivity index (χ0v) is 9.50. The third kappa shape index (κ3) is 2.72. The Labute approximate surface area is 99.5 Å². The topological polar surface area (TPSA) is 46.6 Å². The molecule has 0 spiro atoms. The van der Waals surface area contributed by atoms with Crippen LogP contribution >= 0.6 is 0 Å². The molecule has 4 nitrogen and oxygen atoms in total. The van der Waals surface area contributed by atoms with Crippen molar-refractivity contribution < 1.29 is 14.3 Å². The van der Waals surface area contributed by atoms with Gasteiger partial charge >= 0.3 is 6.09 Å². The Kier molecular flexibility index (Phi) is 3.23. The fourth-order valence-electron chi connectivity index (χ4n) is 1.65. The highest BCUT2D eigenvalue weighted by Crippen LogP contribution is 2.16. The first-order valence-corrected chi connectivity index (χ1v) is 5.43. The van der Waals surface area contributed by atoms with Crippen molar-refractivity contribution in [1.29, 1.82) is 0 Å². The Morgan fingerprint density at radius 2 is 2.06 bits per heavy atom. The molecule has 0 N–H and O–H groups in total. The molecule has 0 saturated carbocycles. The average Bonchev–Trinajstić information content (AvgIpc) is 2.30.